The van der Waals surface area contributed by atoms with E-state index in [-0.39, 0.29) is 21.8 Å². The molecule has 0 aliphatic carbocycles. The van der Waals surface area contributed by atoms with Crippen LogP contribution in [0.5, 0.6) is 11.5 Å². The number of esters is 1. The average Bonchev–Trinajstić information content (AvgIpc) is 3.04. The molecule has 222 valence electrons. The van der Waals surface area contributed by atoms with Gasteiger partial charge in [-0.3, -0.25) is 4.79 Å². The SMILES string of the molecule is COc1ccc(-c2nc3ccc(C(=O)OC(C)C(=O)Nc4ccc(Cl)c(C(=O)O)c4)cc3nc2-c2ccc(OC)cc2)cc1. The first-order valence-corrected chi connectivity index (χ1v) is 13.7. The number of hydrogen-bond acceptors (Lipinski definition) is 8. The number of anilines is 1. The van der Waals surface area contributed by atoms with Gasteiger partial charge in [0, 0.05) is 16.8 Å². The number of amides is 1. The number of halogens is 1. The summed E-state index contributed by atoms with van der Waals surface area (Å²) in [6.07, 6.45) is -1.19. The zero-order valence-electron chi connectivity index (χ0n) is 23.8. The van der Waals surface area contributed by atoms with Gasteiger partial charge in [-0.2, -0.15) is 0 Å². The molecule has 0 saturated heterocycles. The fraction of sp³-hybridized carbons (Fsp3) is 0.121. The van der Waals surface area contributed by atoms with Crippen LogP contribution in [-0.4, -0.2) is 53.2 Å². The lowest BCUT2D eigenvalue weighted by molar-refractivity contribution is -0.123. The zero-order valence-corrected chi connectivity index (χ0v) is 24.6. The van der Waals surface area contributed by atoms with Crippen LogP contribution in [0.4, 0.5) is 5.69 Å². The number of carboxylic acids is 1. The fourth-order valence-corrected chi connectivity index (χ4v) is 4.57. The third-order valence-corrected chi connectivity index (χ3v) is 7.07. The number of nitrogens with zero attached hydrogens (tertiary/aromatic N) is 2. The van der Waals surface area contributed by atoms with Gasteiger partial charge >= 0.3 is 11.9 Å². The van der Waals surface area contributed by atoms with E-state index in [4.69, 9.17) is 35.8 Å². The Morgan fingerprint density at radius 2 is 1.34 bits per heavy atom. The minimum absolute atomic E-state index is 0.0284. The van der Waals surface area contributed by atoms with Gasteiger partial charge in [0.25, 0.3) is 5.91 Å². The van der Waals surface area contributed by atoms with Crippen molar-refractivity contribution in [1.29, 1.82) is 0 Å². The number of carboxylic acid groups (broad SMARTS) is 1. The van der Waals surface area contributed by atoms with Gasteiger partial charge in [-0.05, 0) is 91.9 Å². The molecule has 2 N–H and O–H groups in total. The molecule has 1 unspecified atom stereocenters. The average molecular weight is 612 g/mol. The summed E-state index contributed by atoms with van der Waals surface area (Å²) in [7, 11) is 3.19. The molecule has 0 radical (unpaired) electrons. The Morgan fingerprint density at radius 1 is 0.773 bits per heavy atom. The molecular formula is C33H26ClN3O7. The maximum Gasteiger partial charge on any atom is 0.338 e. The highest BCUT2D eigenvalue weighted by molar-refractivity contribution is 6.33. The van der Waals surface area contributed by atoms with E-state index in [1.54, 1.807) is 32.4 Å². The predicted octanol–water partition coefficient (Wildman–Crippen LogP) is 6.52. The zero-order chi connectivity index (χ0) is 31.4. The minimum atomic E-state index is -1.24. The number of aromatic carboxylic acids is 1. The molecule has 44 heavy (non-hydrogen) atoms. The first-order chi connectivity index (χ1) is 21.2. The van der Waals surface area contributed by atoms with Crippen molar-refractivity contribution >= 4 is 46.2 Å². The number of fused-ring (bicyclic) bond motifs is 1. The van der Waals surface area contributed by atoms with Gasteiger partial charge in [0.2, 0.25) is 0 Å². The molecule has 0 bridgehead atoms. The van der Waals surface area contributed by atoms with Crippen LogP contribution < -0.4 is 14.8 Å². The third-order valence-electron chi connectivity index (χ3n) is 6.74. The van der Waals surface area contributed by atoms with Crippen LogP contribution in [0.25, 0.3) is 33.5 Å². The van der Waals surface area contributed by atoms with Crippen molar-refractivity contribution in [2.45, 2.75) is 13.0 Å². The smallest absolute Gasteiger partial charge is 0.338 e. The topological polar surface area (TPSA) is 137 Å². The summed E-state index contributed by atoms with van der Waals surface area (Å²) < 4.78 is 16.0. The molecule has 1 aromatic heterocycles. The summed E-state index contributed by atoms with van der Waals surface area (Å²) in [6.45, 7) is 1.41. The van der Waals surface area contributed by atoms with Crippen LogP contribution in [0.15, 0.2) is 84.9 Å². The van der Waals surface area contributed by atoms with E-state index >= 15 is 0 Å². The van der Waals surface area contributed by atoms with Gasteiger partial charge in [-0.25, -0.2) is 19.6 Å². The molecular weight excluding hydrogens is 586 g/mol. The highest BCUT2D eigenvalue weighted by Crippen LogP contribution is 2.33. The second kappa shape index (κ2) is 12.8. The molecule has 11 heteroatoms. The van der Waals surface area contributed by atoms with Crippen molar-refractivity contribution in [3.05, 3.63) is 101 Å². The van der Waals surface area contributed by atoms with Gasteiger partial charge in [0.05, 0.1) is 52.8 Å². The van der Waals surface area contributed by atoms with Crippen LogP contribution in [0.2, 0.25) is 5.02 Å². The van der Waals surface area contributed by atoms with E-state index in [0.29, 0.717) is 33.9 Å². The lowest BCUT2D eigenvalue weighted by Crippen LogP contribution is -2.30. The standard InChI is InChI=1S/C33H26ClN3O7/c1-18(31(38)35-22-9-14-26(34)25(17-22)32(39)40)44-33(41)21-8-15-27-28(16-21)37-30(20-6-12-24(43-3)13-7-20)29(36-27)19-4-10-23(42-2)11-5-19/h4-18H,1-3H3,(H,35,38)(H,39,40). The molecule has 0 spiro atoms. The molecule has 10 nitrogen and oxygen atoms in total. The van der Waals surface area contributed by atoms with Crippen LogP contribution in [-0.2, 0) is 9.53 Å². The van der Waals surface area contributed by atoms with Crippen molar-refractivity contribution in [3.8, 4) is 34.0 Å². The summed E-state index contributed by atoms with van der Waals surface area (Å²) >= 11 is 5.89. The molecule has 0 fully saturated rings. The Morgan fingerprint density at radius 3 is 1.89 bits per heavy atom. The van der Waals surface area contributed by atoms with Gasteiger partial charge in [-0.1, -0.05) is 11.6 Å². The quantitative estimate of drug-likeness (QED) is 0.178. The van der Waals surface area contributed by atoms with Crippen molar-refractivity contribution < 1.29 is 33.7 Å². The molecule has 0 aliphatic heterocycles. The molecule has 5 aromatic rings. The largest absolute Gasteiger partial charge is 0.497 e. The summed E-state index contributed by atoms with van der Waals surface area (Å²) in [6, 6.07) is 23.7. The molecule has 4 aromatic carbocycles. The highest BCUT2D eigenvalue weighted by Gasteiger charge is 2.21. The first kappa shape index (κ1) is 30.0. The Hall–Kier alpha value is -5.48. The number of rotatable bonds is 9. The van der Waals surface area contributed by atoms with Gasteiger partial charge < -0.3 is 24.6 Å². The maximum absolute atomic E-state index is 13.0. The van der Waals surface area contributed by atoms with E-state index in [1.165, 1.54) is 25.1 Å². The molecule has 1 atom stereocenters. The van der Waals surface area contributed by atoms with E-state index in [0.717, 1.165) is 11.1 Å². The molecule has 0 aliphatic rings. The molecule has 5 rings (SSSR count). The summed E-state index contributed by atoms with van der Waals surface area (Å²) in [5.74, 6) is -1.24. The predicted molar refractivity (Wildman–Crippen MR) is 165 cm³/mol. The lowest BCUT2D eigenvalue weighted by Gasteiger charge is -2.15. The number of benzene rings is 4. The molecule has 1 heterocycles. The van der Waals surface area contributed by atoms with Crippen LogP contribution in [0.1, 0.15) is 27.6 Å². The van der Waals surface area contributed by atoms with Crippen molar-refractivity contribution in [2.24, 2.45) is 0 Å². The summed E-state index contributed by atoms with van der Waals surface area (Å²) in [4.78, 5) is 46.9. The Kier molecular flexibility index (Phi) is 8.73. The minimum Gasteiger partial charge on any atom is -0.497 e. The van der Waals surface area contributed by atoms with Crippen molar-refractivity contribution in [1.82, 2.24) is 9.97 Å². The molecule has 1 amide bonds. The number of aromatic nitrogens is 2. The third kappa shape index (κ3) is 6.45. The van der Waals surface area contributed by atoms with Gasteiger partial charge in [0.15, 0.2) is 6.10 Å². The number of ether oxygens (including phenoxy) is 3. The van der Waals surface area contributed by atoms with Crippen molar-refractivity contribution in [3.63, 3.8) is 0 Å². The summed E-state index contributed by atoms with van der Waals surface area (Å²) in [5.41, 5.74) is 4.03. The Balaban J connectivity index is 1.42. The van der Waals surface area contributed by atoms with Gasteiger partial charge in [-0.15, -0.1) is 0 Å². The van der Waals surface area contributed by atoms with E-state index in [9.17, 15) is 19.5 Å². The van der Waals surface area contributed by atoms with Crippen molar-refractivity contribution in [2.75, 3.05) is 19.5 Å². The van der Waals surface area contributed by atoms with E-state index in [1.807, 2.05) is 48.5 Å². The van der Waals surface area contributed by atoms with Crippen LogP contribution >= 0.6 is 11.6 Å². The fourth-order valence-electron chi connectivity index (χ4n) is 4.37. The summed E-state index contributed by atoms with van der Waals surface area (Å²) in [5, 5.41) is 11.8. The van der Waals surface area contributed by atoms with Crippen LogP contribution in [0, 0.1) is 0 Å². The highest BCUT2D eigenvalue weighted by atomic mass is 35.5. The maximum atomic E-state index is 13.0. The Bertz CT molecular complexity index is 1880. The normalized spacial score (nSPS) is 11.5. The van der Waals surface area contributed by atoms with Gasteiger partial charge in [0.1, 0.15) is 11.5 Å². The monoisotopic (exact) mass is 611 g/mol. The Labute approximate surface area is 257 Å². The molecule has 0 saturated carbocycles. The number of methoxy groups -OCH3 is 2. The number of nitrogens with one attached hydrogen (secondary N) is 1. The van der Waals surface area contributed by atoms with E-state index in [2.05, 4.69) is 5.32 Å². The second-order valence-corrected chi connectivity index (χ2v) is 10.0. The van der Waals surface area contributed by atoms with E-state index < -0.39 is 23.9 Å². The number of carbonyl (C=O) groups is 3. The number of hydrogen-bond donors (Lipinski definition) is 2. The lowest BCUT2D eigenvalue weighted by atomic mass is 10.0. The van der Waals surface area contributed by atoms with Crippen LogP contribution in [0.3, 0.4) is 0 Å². The first-order valence-electron chi connectivity index (χ1n) is 13.3. The second-order valence-electron chi connectivity index (χ2n) is 9.62. The number of carbonyl (C=O) groups excluding carboxylic acids is 2.